The molecule has 7 nitrogen and oxygen atoms in total. The van der Waals surface area contributed by atoms with Crippen LogP contribution in [-0.2, 0) is 14.3 Å². The molecule has 0 saturated heterocycles. The second-order valence-electron chi connectivity index (χ2n) is 7.48. The fourth-order valence-corrected chi connectivity index (χ4v) is 3.68. The molecule has 0 aliphatic heterocycles. The summed E-state index contributed by atoms with van der Waals surface area (Å²) >= 11 is 0. The van der Waals surface area contributed by atoms with Gasteiger partial charge in [-0.15, -0.1) is 0 Å². The lowest BCUT2D eigenvalue weighted by Crippen LogP contribution is -2.13. The van der Waals surface area contributed by atoms with E-state index in [2.05, 4.69) is 10.2 Å². The van der Waals surface area contributed by atoms with Crippen LogP contribution in [-0.4, -0.2) is 48.2 Å². The molecule has 0 radical (unpaired) electrons. The lowest BCUT2D eigenvalue weighted by molar-refractivity contribution is 0.221. The van der Waals surface area contributed by atoms with Gasteiger partial charge in [0.15, 0.2) is 0 Å². The Morgan fingerprint density at radius 1 is 0.788 bits per heavy atom. The highest BCUT2D eigenvalue weighted by molar-refractivity contribution is 7.86. The number of anilines is 1. The van der Waals surface area contributed by atoms with E-state index < -0.39 is 10.1 Å². The van der Waals surface area contributed by atoms with Gasteiger partial charge in [-0.3, -0.25) is 4.18 Å². The van der Waals surface area contributed by atoms with Gasteiger partial charge in [0.05, 0.1) is 17.3 Å². The van der Waals surface area contributed by atoms with Crippen molar-refractivity contribution in [2.24, 2.45) is 10.2 Å². The summed E-state index contributed by atoms with van der Waals surface area (Å²) in [6.45, 7) is 1.92. The van der Waals surface area contributed by atoms with Crippen LogP contribution in [0.1, 0.15) is 16.7 Å². The molecule has 3 aromatic rings. The molecule has 0 aliphatic rings. The summed E-state index contributed by atoms with van der Waals surface area (Å²) in [5, 5.41) is 8.14. The zero-order valence-corrected chi connectivity index (χ0v) is 19.7. The van der Waals surface area contributed by atoms with E-state index in [0.717, 1.165) is 22.4 Å². The Morgan fingerprint density at radius 2 is 1.33 bits per heavy atom. The van der Waals surface area contributed by atoms with Crippen molar-refractivity contribution < 1.29 is 17.3 Å². The lowest BCUT2D eigenvalue weighted by Gasteiger charge is -2.11. The Labute approximate surface area is 195 Å². The molecule has 0 unspecified atom stereocenters. The second kappa shape index (κ2) is 11.4. The van der Waals surface area contributed by atoms with Crippen molar-refractivity contribution in [2.75, 3.05) is 32.2 Å². The average Bonchev–Trinajstić information content (AvgIpc) is 2.81. The molecule has 0 atom stereocenters. The molecule has 8 heteroatoms. The Hall–Kier alpha value is -3.49. The summed E-state index contributed by atoms with van der Waals surface area (Å²) in [4.78, 5) is 2.16. The highest BCUT2D eigenvalue weighted by Crippen LogP contribution is 2.15. The molecule has 0 fully saturated rings. The van der Waals surface area contributed by atoms with E-state index >= 15 is 0 Å². The zero-order chi connectivity index (χ0) is 23.7. The number of ether oxygens (including phenoxy) is 1. The summed E-state index contributed by atoms with van der Waals surface area (Å²) in [6, 6.07) is 21.7. The zero-order valence-electron chi connectivity index (χ0n) is 18.9. The number of hydrogen-bond donors (Lipinski definition) is 0. The minimum absolute atomic E-state index is 0.0797. The number of hydrogen-bond acceptors (Lipinski definition) is 7. The van der Waals surface area contributed by atoms with Crippen molar-refractivity contribution in [1.82, 2.24) is 0 Å². The number of benzene rings is 3. The predicted octanol–water partition coefficient (Wildman–Crippen LogP) is 4.30. The minimum Gasteiger partial charge on any atom is -0.491 e. The third-order valence-electron chi connectivity index (χ3n) is 4.67. The van der Waals surface area contributed by atoms with Crippen LogP contribution in [0.2, 0.25) is 0 Å². The predicted molar refractivity (Wildman–Crippen MR) is 132 cm³/mol. The first kappa shape index (κ1) is 24.2. The van der Waals surface area contributed by atoms with E-state index in [9.17, 15) is 8.42 Å². The number of nitrogens with zero attached hydrogens (tertiary/aromatic N) is 3. The Bertz CT molecular complexity index is 1190. The lowest BCUT2D eigenvalue weighted by atomic mass is 10.2. The van der Waals surface area contributed by atoms with E-state index in [1.54, 1.807) is 36.7 Å². The quantitative estimate of drug-likeness (QED) is 0.193. The Kier molecular flexibility index (Phi) is 8.34. The van der Waals surface area contributed by atoms with Crippen LogP contribution in [0.3, 0.4) is 0 Å². The van der Waals surface area contributed by atoms with Crippen LogP contribution < -0.4 is 9.64 Å². The standard InChI is InChI=1S/C25H27N3O4S/c1-20-4-14-25(15-5-20)33(29,30)32-17-16-31-24-12-8-22(9-13-24)19-27-26-18-21-6-10-23(11-7-21)28(2)3/h4-15,18-19H,16-17H2,1-3H3/b26-18+,27-19+. The van der Waals surface area contributed by atoms with E-state index in [1.807, 2.05) is 62.3 Å². The first-order chi connectivity index (χ1) is 15.8. The highest BCUT2D eigenvalue weighted by atomic mass is 32.2. The topological polar surface area (TPSA) is 80.6 Å². The highest BCUT2D eigenvalue weighted by Gasteiger charge is 2.14. The van der Waals surface area contributed by atoms with Gasteiger partial charge in [-0.25, -0.2) is 0 Å². The van der Waals surface area contributed by atoms with Gasteiger partial charge in [-0.05, 0) is 66.6 Å². The van der Waals surface area contributed by atoms with Crippen LogP contribution >= 0.6 is 0 Å². The maximum Gasteiger partial charge on any atom is 0.297 e. The monoisotopic (exact) mass is 465 g/mol. The van der Waals surface area contributed by atoms with Crippen LogP contribution in [0.15, 0.2) is 87.9 Å². The third-order valence-corrected chi connectivity index (χ3v) is 6.00. The van der Waals surface area contributed by atoms with Crippen molar-refractivity contribution in [3.05, 3.63) is 89.5 Å². The molecule has 3 rings (SSSR count). The van der Waals surface area contributed by atoms with Crippen LogP contribution in [0, 0.1) is 6.92 Å². The van der Waals surface area contributed by atoms with Crippen molar-refractivity contribution >= 4 is 28.2 Å². The third kappa shape index (κ3) is 7.55. The Balaban J connectivity index is 1.43. The normalized spacial score (nSPS) is 11.8. The first-order valence-electron chi connectivity index (χ1n) is 10.4. The van der Waals surface area contributed by atoms with Crippen molar-refractivity contribution in [3.8, 4) is 5.75 Å². The molecule has 0 aromatic heterocycles. The van der Waals surface area contributed by atoms with E-state index in [0.29, 0.717) is 5.75 Å². The SMILES string of the molecule is Cc1ccc(S(=O)(=O)OCCOc2ccc(/C=N/N=C/c3ccc(N(C)C)cc3)cc2)cc1. The van der Waals surface area contributed by atoms with Crippen molar-refractivity contribution in [1.29, 1.82) is 0 Å². The van der Waals surface area contributed by atoms with Crippen molar-refractivity contribution in [2.45, 2.75) is 11.8 Å². The number of rotatable bonds is 10. The summed E-state index contributed by atoms with van der Waals surface area (Å²) in [6.07, 6.45) is 3.34. The smallest absolute Gasteiger partial charge is 0.297 e. The van der Waals surface area contributed by atoms with Crippen molar-refractivity contribution in [3.63, 3.8) is 0 Å². The minimum atomic E-state index is -3.79. The van der Waals surface area contributed by atoms with Gasteiger partial charge in [0.2, 0.25) is 0 Å². The van der Waals surface area contributed by atoms with Gasteiger partial charge in [0.25, 0.3) is 10.1 Å². The Morgan fingerprint density at radius 3 is 1.88 bits per heavy atom. The molecule has 172 valence electrons. The molecular weight excluding hydrogens is 438 g/mol. The molecule has 3 aromatic carbocycles. The number of aryl methyl sites for hydroxylation is 1. The molecular formula is C25H27N3O4S. The largest absolute Gasteiger partial charge is 0.491 e. The van der Waals surface area contributed by atoms with Gasteiger partial charge in [-0.1, -0.05) is 29.8 Å². The van der Waals surface area contributed by atoms with Gasteiger partial charge >= 0.3 is 0 Å². The summed E-state index contributed by atoms with van der Waals surface area (Å²) in [7, 11) is 0.199. The fourth-order valence-electron chi connectivity index (χ4n) is 2.78. The molecule has 0 aliphatic carbocycles. The molecule has 0 N–H and O–H groups in total. The molecule has 0 saturated carbocycles. The van der Waals surface area contributed by atoms with Gasteiger partial charge in [-0.2, -0.15) is 18.6 Å². The van der Waals surface area contributed by atoms with Gasteiger partial charge in [0, 0.05) is 19.8 Å². The van der Waals surface area contributed by atoms with Crippen LogP contribution in [0.4, 0.5) is 5.69 Å². The fraction of sp³-hybridized carbons (Fsp3) is 0.200. The average molecular weight is 466 g/mol. The summed E-state index contributed by atoms with van der Waals surface area (Å²) in [5.41, 5.74) is 3.93. The molecule has 0 spiro atoms. The molecule has 33 heavy (non-hydrogen) atoms. The van der Waals surface area contributed by atoms with Gasteiger partial charge < -0.3 is 9.64 Å². The molecule has 0 heterocycles. The summed E-state index contributed by atoms with van der Waals surface area (Å²) in [5.74, 6) is 0.605. The first-order valence-corrected chi connectivity index (χ1v) is 11.8. The van der Waals surface area contributed by atoms with Crippen LogP contribution in [0.5, 0.6) is 5.75 Å². The van der Waals surface area contributed by atoms with E-state index in [-0.39, 0.29) is 18.1 Å². The summed E-state index contributed by atoms with van der Waals surface area (Å²) < 4.78 is 34.9. The molecule has 0 amide bonds. The molecule has 0 bridgehead atoms. The maximum atomic E-state index is 12.2. The van der Waals surface area contributed by atoms with Crippen LogP contribution in [0.25, 0.3) is 0 Å². The maximum absolute atomic E-state index is 12.2. The van der Waals surface area contributed by atoms with Gasteiger partial charge in [0.1, 0.15) is 19.0 Å². The van der Waals surface area contributed by atoms with E-state index in [4.69, 9.17) is 8.92 Å². The second-order valence-corrected chi connectivity index (χ2v) is 9.10. The van der Waals surface area contributed by atoms with E-state index in [1.165, 1.54) is 12.1 Å².